The second-order valence-corrected chi connectivity index (χ2v) is 5.40. The van der Waals surface area contributed by atoms with Crippen LogP contribution in [0.25, 0.3) is 0 Å². The molecule has 0 N–H and O–H groups in total. The molecular weight excluding hydrogens is 274 g/mol. The van der Waals surface area contributed by atoms with Crippen molar-refractivity contribution in [2.75, 3.05) is 27.3 Å². The molecule has 0 radical (unpaired) electrons. The van der Waals surface area contributed by atoms with Crippen LogP contribution in [0.2, 0.25) is 0 Å². The number of ether oxygens (including phenoxy) is 3. The van der Waals surface area contributed by atoms with Gasteiger partial charge in [-0.3, -0.25) is 0 Å². The van der Waals surface area contributed by atoms with Crippen LogP contribution in [0.15, 0.2) is 9.98 Å². The lowest BCUT2D eigenvalue weighted by Gasteiger charge is -2.19. The number of hydrogen-bond donors (Lipinski definition) is 0. The Morgan fingerprint density at radius 3 is 2.10 bits per heavy atom. The van der Waals surface area contributed by atoms with Crippen molar-refractivity contribution in [3.8, 4) is 0 Å². The second kappa shape index (κ2) is 9.46. The van der Waals surface area contributed by atoms with Crippen molar-refractivity contribution in [1.82, 2.24) is 4.90 Å². The Kier molecular flexibility index (Phi) is 8.80. The molecule has 0 bridgehead atoms. The maximum Gasteiger partial charge on any atom is 0.436 e. The normalized spacial score (nSPS) is 13.0. The van der Waals surface area contributed by atoms with E-state index < -0.39 is 18.0 Å². The lowest BCUT2D eigenvalue weighted by atomic mass is 10.2. The summed E-state index contributed by atoms with van der Waals surface area (Å²) in [6.45, 7) is 9.79. The third-order valence-electron chi connectivity index (χ3n) is 1.87. The first-order chi connectivity index (χ1) is 9.69. The van der Waals surface area contributed by atoms with Crippen molar-refractivity contribution in [2.24, 2.45) is 9.98 Å². The fourth-order valence-electron chi connectivity index (χ4n) is 1.20. The van der Waals surface area contributed by atoms with Crippen molar-refractivity contribution in [3.05, 3.63) is 0 Å². The SMILES string of the molecule is CCOC(OCC)/C(N=CN(C)C)=N\C(=O)OC(C)(C)C. The molecule has 0 fully saturated rings. The zero-order valence-electron chi connectivity index (χ0n) is 14.0. The van der Waals surface area contributed by atoms with Crippen molar-refractivity contribution < 1.29 is 19.0 Å². The molecule has 0 spiro atoms. The molecule has 0 aliphatic heterocycles. The van der Waals surface area contributed by atoms with Gasteiger partial charge in [0.05, 0.1) is 6.34 Å². The first-order valence-corrected chi connectivity index (χ1v) is 6.95. The monoisotopic (exact) mass is 301 g/mol. The van der Waals surface area contributed by atoms with Gasteiger partial charge in [-0.15, -0.1) is 0 Å². The zero-order chi connectivity index (χ0) is 16.5. The van der Waals surface area contributed by atoms with Gasteiger partial charge in [0.25, 0.3) is 0 Å². The Morgan fingerprint density at radius 1 is 1.19 bits per heavy atom. The number of hydrogen-bond acceptors (Lipinski definition) is 4. The second-order valence-electron chi connectivity index (χ2n) is 5.40. The Labute approximate surface area is 127 Å². The number of amides is 1. The van der Waals surface area contributed by atoms with E-state index in [2.05, 4.69) is 9.98 Å². The Balaban J connectivity index is 5.22. The molecule has 0 rings (SSSR count). The molecule has 0 aromatic carbocycles. The van der Waals surface area contributed by atoms with Gasteiger partial charge >= 0.3 is 6.09 Å². The molecule has 7 heteroatoms. The molecule has 0 heterocycles. The lowest BCUT2D eigenvalue weighted by molar-refractivity contribution is -0.0907. The zero-order valence-corrected chi connectivity index (χ0v) is 14.0. The topological polar surface area (TPSA) is 72.7 Å². The van der Waals surface area contributed by atoms with E-state index in [0.717, 1.165) is 0 Å². The van der Waals surface area contributed by atoms with Crippen LogP contribution in [0.3, 0.4) is 0 Å². The van der Waals surface area contributed by atoms with Gasteiger partial charge in [0.1, 0.15) is 5.60 Å². The van der Waals surface area contributed by atoms with Crippen LogP contribution in [0.4, 0.5) is 4.79 Å². The molecule has 0 aliphatic rings. The summed E-state index contributed by atoms with van der Waals surface area (Å²) in [5, 5.41) is 0. The Hall–Kier alpha value is -1.47. The molecular formula is C14H27N3O4. The third kappa shape index (κ3) is 9.97. The summed E-state index contributed by atoms with van der Waals surface area (Å²) in [6, 6.07) is 0. The van der Waals surface area contributed by atoms with Crippen LogP contribution in [0.5, 0.6) is 0 Å². The highest BCUT2D eigenvalue weighted by Gasteiger charge is 2.21. The third-order valence-corrected chi connectivity index (χ3v) is 1.87. The molecule has 0 atom stereocenters. The molecule has 122 valence electrons. The highest BCUT2D eigenvalue weighted by Crippen LogP contribution is 2.09. The molecule has 0 aromatic heterocycles. The highest BCUT2D eigenvalue weighted by atomic mass is 16.7. The van der Waals surface area contributed by atoms with E-state index in [1.54, 1.807) is 25.7 Å². The highest BCUT2D eigenvalue weighted by molar-refractivity contribution is 5.97. The summed E-state index contributed by atoms with van der Waals surface area (Å²) in [5.74, 6) is 0.127. The van der Waals surface area contributed by atoms with Crippen LogP contribution in [0, 0.1) is 0 Å². The van der Waals surface area contributed by atoms with Gasteiger partial charge in [0.2, 0.25) is 6.29 Å². The fraction of sp³-hybridized carbons (Fsp3) is 0.786. The van der Waals surface area contributed by atoms with Crippen molar-refractivity contribution in [1.29, 1.82) is 0 Å². The van der Waals surface area contributed by atoms with Crippen molar-refractivity contribution in [2.45, 2.75) is 46.5 Å². The average Bonchev–Trinajstić information content (AvgIpc) is 2.31. The smallest absolute Gasteiger partial charge is 0.436 e. The van der Waals surface area contributed by atoms with E-state index in [1.165, 1.54) is 6.34 Å². The van der Waals surface area contributed by atoms with Crippen LogP contribution in [0.1, 0.15) is 34.6 Å². The molecule has 0 unspecified atom stereocenters. The average molecular weight is 301 g/mol. The largest absolute Gasteiger partial charge is 0.442 e. The lowest BCUT2D eigenvalue weighted by Crippen LogP contribution is -2.30. The van der Waals surface area contributed by atoms with Crippen molar-refractivity contribution >= 4 is 18.3 Å². The summed E-state index contributed by atoms with van der Waals surface area (Å²) in [6.07, 6.45) is -0.00430. The quantitative estimate of drug-likeness (QED) is 0.427. The van der Waals surface area contributed by atoms with E-state index in [1.807, 2.05) is 27.9 Å². The summed E-state index contributed by atoms with van der Waals surface area (Å²) in [7, 11) is 3.62. The standard InChI is InChI=1S/C14H27N3O4/c1-8-19-12(20-9-2)11(15-10-17(6)7)16-13(18)21-14(3,4)5/h10,12H,8-9H2,1-7H3/b15-10?,16-11+. The molecule has 1 amide bonds. The first kappa shape index (κ1) is 19.5. The maximum atomic E-state index is 11.8. The first-order valence-electron chi connectivity index (χ1n) is 6.95. The Bertz CT molecular complexity index is 367. The van der Waals surface area contributed by atoms with Crippen LogP contribution < -0.4 is 0 Å². The van der Waals surface area contributed by atoms with E-state index in [9.17, 15) is 4.79 Å². The predicted octanol–water partition coefficient (Wildman–Crippen LogP) is 2.31. The van der Waals surface area contributed by atoms with Crippen LogP contribution >= 0.6 is 0 Å². The van der Waals surface area contributed by atoms with E-state index >= 15 is 0 Å². The van der Waals surface area contributed by atoms with E-state index in [0.29, 0.717) is 13.2 Å². The fourth-order valence-corrected chi connectivity index (χ4v) is 1.20. The summed E-state index contributed by atoms with van der Waals surface area (Å²) in [4.78, 5) is 21.5. The number of carbonyl (C=O) groups excluding carboxylic acids is 1. The van der Waals surface area contributed by atoms with Crippen molar-refractivity contribution in [3.63, 3.8) is 0 Å². The van der Waals surface area contributed by atoms with Gasteiger partial charge in [-0.1, -0.05) is 0 Å². The van der Waals surface area contributed by atoms with E-state index in [-0.39, 0.29) is 5.84 Å². The summed E-state index contributed by atoms with van der Waals surface area (Å²) >= 11 is 0. The van der Waals surface area contributed by atoms with Crippen LogP contribution in [-0.4, -0.2) is 62.4 Å². The minimum absolute atomic E-state index is 0.127. The maximum absolute atomic E-state index is 11.8. The summed E-state index contributed by atoms with van der Waals surface area (Å²) < 4.78 is 16.0. The molecule has 0 saturated heterocycles. The Morgan fingerprint density at radius 2 is 1.71 bits per heavy atom. The van der Waals surface area contributed by atoms with E-state index in [4.69, 9.17) is 14.2 Å². The molecule has 21 heavy (non-hydrogen) atoms. The number of nitrogens with zero attached hydrogens (tertiary/aromatic N) is 3. The minimum atomic E-state index is -0.802. The van der Waals surface area contributed by atoms with Gasteiger partial charge in [-0.2, -0.15) is 4.99 Å². The van der Waals surface area contributed by atoms with Gasteiger partial charge in [-0.05, 0) is 34.6 Å². The van der Waals surface area contributed by atoms with Gasteiger partial charge in [-0.25, -0.2) is 9.79 Å². The number of amidine groups is 1. The van der Waals surface area contributed by atoms with Gasteiger partial charge in [0, 0.05) is 27.3 Å². The predicted molar refractivity (Wildman–Crippen MR) is 82.9 cm³/mol. The van der Waals surface area contributed by atoms with Gasteiger partial charge < -0.3 is 19.1 Å². The van der Waals surface area contributed by atoms with Gasteiger partial charge in [0.15, 0.2) is 5.84 Å². The van der Waals surface area contributed by atoms with Crippen LogP contribution in [-0.2, 0) is 14.2 Å². The molecule has 7 nitrogen and oxygen atoms in total. The molecule has 0 saturated carbocycles. The number of rotatable bonds is 6. The summed E-state index contributed by atoms with van der Waals surface area (Å²) in [5.41, 5.74) is -0.621. The molecule has 0 aliphatic carbocycles. The molecule has 0 aromatic rings. The number of carbonyl (C=O) groups is 1. The number of aliphatic imine (C=N–C) groups is 2. The minimum Gasteiger partial charge on any atom is -0.442 e.